The molecule has 3 atom stereocenters. The molecular formula is C17H21NO3. The van der Waals surface area contributed by atoms with Crippen molar-refractivity contribution >= 4 is 11.8 Å². The molecule has 1 aromatic rings. The van der Waals surface area contributed by atoms with Crippen LogP contribution in [0.1, 0.15) is 38.2 Å². The van der Waals surface area contributed by atoms with Crippen LogP contribution >= 0.6 is 0 Å². The normalized spacial score (nSPS) is 32.9. The maximum atomic E-state index is 12.3. The molecule has 0 aromatic heterocycles. The Hall–Kier alpha value is -1.68. The number of nitrogens with zero attached hydrogens (tertiary/aromatic N) is 1. The van der Waals surface area contributed by atoms with Gasteiger partial charge in [-0.1, -0.05) is 37.3 Å². The number of carboxylic acids is 1. The minimum atomic E-state index is -0.811. The maximum Gasteiger partial charge on any atom is 0.320 e. The lowest BCUT2D eigenvalue weighted by Gasteiger charge is -2.38. The molecule has 1 N–H and O–H groups in total. The Kier molecular flexibility index (Phi) is 3.57. The second-order valence-electron chi connectivity index (χ2n) is 6.46. The summed E-state index contributed by atoms with van der Waals surface area (Å²) >= 11 is 0. The van der Waals surface area contributed by atoms with Gasteiger partial charge in [0.15, 0.2) is 0 Å². The Bertz CT molecular complexity index is 556. The number of aliphatic carboxylic acids is 1. The van der Waals surface area contributed by atoms with Gasteiger partial charge in [0.25, 0.3) is 0 Å². The van der Waals surface area contributed by atoms with Gasteiger partial charge in [0.1, 0.15) is 11.8 Å². The topological polar surface area (TPSA) is 57.6 Å². The highest BCUT2D eigenvalue weighted by molar-refractivity contribution is 5.88. The fraction of sp³-hybridized carbons (Fsp3) is 0.529. The van der Waals surface area contributed by atoms with Crippen LogP contribution in [0.2, 0.25) is 0 Å². The quantitative estimate of drug-likeness (QED) is 0.928. The smallest absolute Gasteiger partial charge is 0.320 e. The first-order valence-corrected chi connectivity index (χ1v) is 7.58. The molecule has 3 rings (SSSR count). The second-order valence-corrected chi connectivity index (χ2v) is 6.46. The van der Waals surface area contributed by atoms with Gasteiger partial charge in [0.05, 0.1) is 0 Å². The Balaban J connectivity index is 1.92. The summed E-state index contributed by atoms with van der Waals surface area (Å²) in [4.78, 5) is 26.0. The van der Waals surface area contributed by atoms with Crippen molar-refractivity contribution in [3.8, 4) is 0 Å². The SMILES string of the molecule is CC12CC(C(=O)O)N(Cc3ccccc3)C1CCCC2=O. The lowest BCUT2D eigenvalue weighted by Crippen LogP contribution is -2.46. The Morgan fingerprint density at radius 2 is 2.10 bits per heavy atom. The Morgan fingerprint density at radius 1 is 1.38 bits per heavy atom. The molecule has 2 aliphatic rings. The Morgan fingerprint density at radius 3 is 2.76 bits per heavy atom. The number of benzene rings is 1. The lowest BCUT2D eigenvalue weighted by molar-refractivity contribution is -0.143. The summed E-state index contributed by atoms with van der Waals surface area (Å²) in [5, 5.41) is 9.56. The van der Waals surface area contributed by atoms with Gasteiger partial charge in [-0.15, -0.1) is 0 Å². The molecule has 1 saturated carbocycles. The zero-order valence-electron chi connectivity index (χ0n) is 12.3. The third kappa shape index (κ3) is 2.38. The van der Waals surface area contributed by atoms with E-state index in [1.807, 2.05) is 42.2 Å². The number of likely N-dealkylation sites (tertiary alicyclic amines) is 1. The molecule has 1 saturated heterocycles. The molecule has 3 unspecified atom stereocenters. The van der Waals surface area contributed by atoms with Crippen LogP contribution in [-0.4, -0.2) is 33.8 Å². The molecule has 1 heterocycles. The molecular weight excluding hydrogens is 266 g/mol. The summed E-state index contributed by atoms with van der Waals surface area (Å²) in [6, 6.07) is 9.41. The number of ketones is 1. The molecule has 4 nitrogen and oxygen atoms in total. The minimum absolute atomic E-state index is 0.0556. The van der Waals surface area contributed by atoms with Crippen LogP contribution in [0.25, 0.3) is 0 Å². The van der Waals surface area contributed by atoms with Crippen molar-refractivity contribution in [2.45, 2.75) is 51.2 Å². The van der Waals surface area contributed by atoms with Gasteiger partial charge in [-0.3, -0.25) is 14.5 Å². The van der Waals surface area contributed by atoms with Crippen molar-refractivity contribution in [3.05, 3.63) is 35.9 Å². The van der Waals surface area contributed by atoms with Crippen LogP contribution in [0.15, 0.2) is 30.3 Å². The fourth-order valence-corrected chi connectivity index (χ4v) is 4.01. The maximum absolute atomic E-state index is 12.3. The van der Waals surface area contributed by atoms with Crippen LogP contribution in [-0.2, 0) is 16.1 Å². The molecule has 1 aliphatic carbocycles. The van der Waals surface area contributed by atoms with E-state index in [4.69, 9.17) is 0 Å². The van der Waals surface area contributed by atoms with Crippen LogP contribution in [0.5, 0.6) is 0 Å². The monoisotopic (exact) mass is 287 g/mol. The molecule has 112 valence electrons. The van der Waals surface area contributed by atoms with Gasteiger partial charge in [-0.05, 0) is 24.8 Å². The first kappa shape index (κ1) is 14.3. The van der Waals surface area contributed by atoms with Gasteiger partial charge >= 0.3 is 5.97 Å². The molecule has 0 radical (unpaired) electrons. The highest BCUT2D eigenvalue weighted by atomic mass is 16.4. The zero-order valence-corrected chi connectivity index (χ0v) is 12.3. The van der Waals surface area contributed by atoms with Crippen molar-refractivity contribution in [2.75, 3.05) is 0 Å². The number of hydrogen-bond acceptors (Lipinski definition) is 3. The Labute approximate surface area is 124 Å². The predicted octanol–water partition coefficient (Wildman–Crippen LogP) is 2.47. The number of carboxylic acid groups (broad SMARTS) is 1. The van der Waals surface area contributed by atoms with E-state index in [1.54, 1.807) is 0 Å². The summed E-state index contributed by atoms with van der Waals surface area (Å²) in [5.41, 5.74) is 0.613. The van der Waals surface area contributed by atoms with E-state index in [0.29, 0.717) is 19.4 Å². The van der Waals surface area contributed by atoms with Crippen molar-refractivity contribution < 1.29 is 14.7 Å². The van der Waals surface area contributed by atoms with E-state index >= 15 is 0 Å². The van der Waals surface area contributed by atoms with Gasteiger partial charge in [0, 0.05) is 24.4 Å². The third-order valence-electron chi connectivity index (χ3n) is 5.16. The fourth-order valence-electron chi connectivity index (χ4n) is 4.01. The standard InChI is InChI=1S/C17H21NO3/c1-17-10-13(16(20)21)18(11-12-6-3-2-4-7-12)14(17)8-5-9-15(17)19/h2-4,6-7,13-14H,5,8-11H2,1H3,(H,20,21). The van der Waals surface area contributed by atoms with Crippen LogP contribution in [0.4, 0.5) is 0 Å². The van der Waals surface area contributed by atoms with Gasteiger partial charge in [0.2, 0.25) is 0 Å². The zero-order chi connectivity index (χ0) is 15.0. The van der Waals surface area contributed by atoms with Crippen LogP contribution < -0.4 is 0 Å². The number of Topliss-reactive ketones (excluding diaryl/α,β-unsaturated/α-hetero) is 1. The van der Waals surface area contributed by atoms with Gasteiger partial charge in [-0.2, -0.15) is 0 Å². The van der Waals surface area contributed by atoms with Crippen molar-refractivity contribution in [1.29, 1.82) is 0 Å². The number of fused-ring (bicyclic) bond motifs is 1. The van der Waals surface area contributed by atoms with E-state index in [9.17, 15) is 14.7 Å². The first-order chi connectivity index (χ1) is 10.0. The van der Waals surface area contributed by atoms with E-state index in [-0.39, 0.29) is 11.8 Å². The average molecular weight is 287 g/mol. The van der Waals surface area contributed by atoms with Crippen molar-refractivity contribution in [1.82, 2.24) is 4.90 Å². The summed E-state index contributed by atoms with van der Waals surface area (Å²) in [6.07, 6.45) is 2.83. The molecule has 1 aromatic carbocycles. The number of carbonyl (C=O) groups is 2. The third-order valence-corrected chi connectivity index (χ3v) is 5.16. The van der Waals surface area contributed by atoms with Crippen LogP contribution in [0.3, 0.4) is 0 Å². The van der Waals surface area contributed by atoms with E-state index in [1.165, 1.54) is 0 Å². The highest BCUT2D eigenvalue weighted by Crippen LogP contribution is 2.47. The lowest BCUT2D eigenvalue weighted by atomic mass is 9.70. The van der Waals surface area contributed by atoms with E-state index < -0.39 is 17.4 Å². The van der Waals surface area contributed by atoms with Crippen molar-refractivity contribution in [2.24, 2.45) is 5.41 Å². The minimum Gasteiger partial charge on any atom is -0.480 e. The second kappa shape index (κ2) is 5.26. The molecule has 1 aliphatic heterocycles. The molecule has 21 heavy (non-hydrogen) atoms. The summed E-state index contributed by atoms with van der Waals surface area (Å²) in [5.74, 6) is -0.574. The molecule has 0 bridgehead atoms. The van der Waals surface area contributed by atoms with E-state index in [0.717, 1.165) is 18.4 Å². The molecule has 4 heteroatoms. The molecule has 2 fully saturated rings. The molecule has 0 spiro atoms. The number of rotatable bonds is 3. The largest absolute Gasteiger partial charge is 0.480 e. The summed E-state index contributed by atoms with van der Waals surface area (Å²) in [7, 11) is 0. The number of carbonyl (C=O) groups excluding carboxylic acids is 1. The van der Waals surface area contributed by atoms with E-state index in [2.05, 4.69) is 0 Å². The van der Waals surface area contributed by atoms with Crippen molar-refractivity contribution in [3.63, 3.8) is 0 Å². The first-order valence-electron chi connectivity index (χ1n) is 7.58. The van der Waals surface area contributed by atoms with Gasteiger partial charge in [-0.25, -0.2) is 0 Å². The van der Waals surface area contributed by atoms with Crippen LogP contribution in [0, 0.1) is 5.41 Å². The molecule has 0 amide bonds. The highest BCUT2D eigenvalue weighted by Gasteiger charge is 2.56. The predicted molar refractivity (Wildman–Crippen MR) is 78.8 cm³/mol. The van der Waals surface area contributed by atoms with Gasteiger partial charge < -0.3 is 5.11 Å². The average Bonchev–Trinajstić information content (AvgIpc) is 2.76. The number of hydrogen-bond donors (Lipinski definition) is 1. The summed E-state index contributed by atoms with van der Waals surface area (Å²) in [6.45, 7) is 2.56. The summed E-state index contributed by atoms with van der Waals surface area (Å²) < 4.78 is 0.